The summed E-state index contributed by atoms with van der Waals surface area (Å²) in [4.78, 5) is 23.8. The fourth-order valence-corrected chi connectivity index (χ4v) is 3.32. The molecule has 0 spiro atoms. The predicted octanol–water partition coefficient (Wildman–Crippen LogP) is 1.35. The summed E-state index contributed by atoms with van der Waals surface area (Å²) < 4.78 is 1.91. The lowest BCUT2D eigenvalue weighted by Crippen LogP contribution is -2.43. The van der Waals surface area contributed by atoms with E-state index in [0.717, 1.165) is 17.0 Å². The molecule has 0 saturated carbocycles. The number of hydrogen-bond acceptors (Lipinski definition) is 4. The summed E-state index contributed by atoms with van der Waals surface area (Å²) in [6.45, 7) is 7.02. The smallest absolute Gasteiger partial charge is 0.234 e. The molecule has 2 aromatic rings. The topological polar surface area (TPSA) is 77.0 Å². The fraction of sp³-hybridized carbons (Fsp3) is 0.500. The molecule has 6 heteroatoms. The zero-order valence-electron chi connectivity index (χ0n) is 14.7. The third-order valence-corrected chi connectivity index (χ3v) is 4.85. The third-order valence-electron chi connectivity index (χ3n) is 4.85. The van der Waals surface area contributed by atoms with Gasteiger partial charge in [0, 0.05) is 44.5 Å². The molecule has 0 unspecified atom stereocenters. The highest BCUT2D eigenvalue weighted by molar-refractivity contribution is 5.87. The van der Waals surface area contributed by atoms with Crippen molar-refractivity contribution in [3.63, 3.8) is 0 Å². The van der Waals surface area contributed by atoms with Gasteiger partial charge in [0.05, 0.1) is 23.1 Å². The molecule has 2 N–H and O–H groups in total. The first-order valence-electron chi connectivity index (χ1n) is 8.25. The van der Waals surface area contributed by atoms with Crippen LogP contribution in [0.1, 0.15) is 36.7 Å². The second-order valence-corrected chi connectivity index (χ2v) is 7.29. The Morgan fingerprint density at radius 1 is 1.33 bits per heavy atom. The summed E-state index contributed by atoms with van der Waals surface area (Å²) >= 11 is 0. The summed E-state index contributed by atoms with van der Waals surface area (Å²) in [6.07, 6.45) is 5.50. The molecule has 1 amide bonds. The van der Waals surface area contributed by atoms with Crippen LogP contribution in [-0.4, -0.2) is 44.5 Å². The Morgan fingerprint density at radius 3 is 2.71 bits per heavy atom. The van der Waals surface area contributed by atoms with Crippen LogP contribution < -0.4 is 5.73 Å². The Balaban J connectivity index is 1.80. The standard InChI is InChI=1S/C18H25N5O/c1-12-5-6-20-16(7-12)18(2,3)17(24)23-8-13(14(19)9-23)15-10-22(4)11-21-15/h5-7,10-11,13-14H,8-9,19H2,1-4H3/t13-,14-/m1/s1. The van der Waals surface area contributed by atoms with Crippen molar-refractivity contribution in [3.05, 3.63) is 47.8 Å². The minimum atomic E-state index is -0.676. The first kappa shape index (κ1) is 16.6. The lowest BCUT2D eigenvalue weighted by molar-refractivity contribution is -0.135. The molecular weight excluding hydrogens is 302 g/mol. The Labute approximate surface area is 142 Å². The molecular formula is C18H25N5O. The second-order valence-electron chi connectivity index (χ2n) is 7.29. The number of aryl methyl sites for hydroxylation is 2. The molecule has 0 aromatic carbocycles. The zero-order chi connectivity index (χ0) is 17.5. The van der Waals surface area contributed by atoms with Crippen LogP contribution in [0.25, 0.3) is 0 Å². The van der Waals surface area contributed by atoms with Crippen LogP contribution in [0.2, 0.25) is 0 Å². The number of likely N-dealkylation sites (tertiary alicyclic amines) is 1. The summed E-state index contributed by atoms with van der Waals surface area (Å²) in [7, 11) is 1.94. The molecule has 2 atom stereocenters. The van der Waals surface area contributed by atoms with Gasteiger partial charge in [-0.2, -0.15) is 0 Å². The molecule has 3 heterocycles. The average Bonchev–Trinajstić information content (AvgIpc) is 3.12. The van der Waals surface area contributed by atoms with E-state index in [9.17, 15) is 4.79 Å². The average molecular weight is 327 g/mol. The van der Waals surface area contributed by atoms with Crippen molar-refractivity contribution in [3.8, 4) is 0 Å². The van der Waals surface area contributed by atoms with Crippen LogP contribution >= 0.6 is 0 Å². The van der Waals surface area contributed by atoms with E-state index in [4.69, 9.17) is 5.73 Å². The number of imidazole rings is 1. The van der Waals surface area contributed by atoms with Gasteiger partial charge in [0.25, 0.3) is 0 Å². The monoisotopic (exact) mass is 327 g/mol. The Hall–Kier alpha value is -2.21. The molecule has 2 aromatic heterocycles. The first-order chi connectivity index (χ1) is 11.3. The molecule has 0 aliphatic carbocycles. The summed E-state index contributed by atoms with van der Waals surface area (Å²) in [5.41, 5.74) is 8.47. The van der Waals surface area contributed by atoms with E-state index >= 15 is 0 Å². The van der Waals surface area contributed by atoms with Crippen molar-refractivity contribution < 1.29 is 4.79 Å². The van der Waals surface area contributed by atoms with E-state index < -0.39 is 5.41 Å². The van der Waals surface area contributed by atoms with Gasteiger partial charge in [0.1, 0.15) is 0 Å². The van der Waals surface area contributed by atoms with Crippen LogP contribution in [0.3, 0.4) is 0 Å². The maximum absolute atomic E-state index is 13.1. The zero-order valence-corrected chi connectivity index (χ0v) is 14.7. The number of carbonyl (C=O) groups excluding carboxylic acids is 1. The summed E-state index contributed by atoms with van der Waals surface area (Å²) in [6, 6.07) is 3.82. The molecule has 1 fully saturated rings. The Morgan fingerprint density at radius 2 is 2.08 bits per heavy atom. The molecule has 6 nitrogen and oxygen atoms in total. The molecule has 128 valence electrons. The Kier molecular flexibility index (Phi) is 4.17. The summed E-state index contributed by atoms with van der Waals surface area (Å²) in [5.74, 6) is 0.144. The van der Waals surface area contributed by atoms with Gasteiger partial charge in [0.15, 0.2) is 0 Å². The van der Waals surface area contributed by atoms with Gasteiger partial charge in [-0.15, -0.1) is 0 Å². The van der Waals surface area contributed by atoms with Crippen molar-refractivity contribution >= 4 is 5.91 Å². The van der Waals surface area contributed by atoms with E-state index in [1.54, 1.807) is 12.5 Å². The normalized spacial score (nSPS) is 21.3. The van der Waals surface area contributed by atoms with E-state index in [2.05, 4.69) is 9.97 Å². The van der Waals surface area contributed by atoms with Gasteiger partial charge in [-0.25, -0.2) is 4.98 Å². The number of carbonyl (C=O) groups is 1. The van der Waals surface area contributed by atoms with E-state index in [-0.39, 0.29) is 17.9 Å². The van der Waals surface area contributed by atoms with E-state index in [1.807, 2.05) is 55.6 Å². The number of amides is 1. The van der Waals surface area contributed by atoms with Crippen LogP contribution in [0, 0.1) is 6.92 Å². The van der Waals surface area contributed by atoms with E-state index in [0.29, 0.717) is 13.1 Å². The molecule has 3 rings (SSSR count). The maximum Gasteiger partial charge on any atom is 0.234 e. The van der Waals surface area contributed by atoms with Crippen LogP contribution in [0.4, 0.5) is 0 Å². The number of nitrogens with two attached hydrogens (primary N) is 1. The lowest BCUT2D eigenvalue weighted by Gasteiger charge is -2.29. The molecule has 1 aliphatic rings. The number of nitrogens with zero attached hydrogens (tertiary/aromatic N) is 4. The molecule has 1 saturated heterocycles. The number of aromatic nitrogens is 3. The largest absolute Gasteiger partial charge is 0.340 e. The minimum absolute atomic E-state index is 0.0643. The van der Waals surface area contributed by atoms with E-state index in [1.165, 1.54) is 0 Å². The highest BCUT2D eigenvalue weighted by Crippen LogP contribution is 2.31. The third kappa shape index (κ3) is 2.94. The quantitative estimate of drug-likeness (QED) is 0.923. The summed E-state index contributed by atoms with van der Waals surface area (Å²) in [5, 5.41) is 0. The SMILES string of the molecule is Cc1ccnc(C(C)(C)C(=O)N2C[C@@H](N)[C@H](c3cn(C)cn3)C2)c1. The molecule has 24 heavy (non-hydrogen) atoms. The van der Waals surface area contributed by atoms with Crippen LogP contribution in [0.15, 0.2) is 30.9 Å². The lowest BCUT2D eigenvalue weighted by atomic mass is 9.86. The van der Waals surface area contributed by atoms with Gasteiger partial charge in [-0.3, -0.25) is 9.78 Å². The fourth-order valence-electron chi connectivity index (χ4n) is 3.32. The Bertz CT molecular complexity index is 751. The highest BCUT2D eigenvalue weighted by Gasteiger charge is 2.41. The molecule has 0 bridgehead atoms. The van der Waals surface area contributed by atoms with Crippen molar-refractivity contribution in [2.75, 3.05) is 13.1 Å². The first-order valence-corrected chi connectivity index (χ1v) is 8.25. The molecule has 0 radical (unpaired) electrons. The molecule has 1 aliphatic heterocycles. The van der Waals surface area contributed by atoms with Crippen molar-refractivity contribution in [2.24, 2.45) is 12.8 Å². The van der Waals surface area contributed by atoms with Crippen molar-refractivity contribution in [1.29, 1.82) is 0 Å². The maximum atomic E-state index is 13.1. The highest BCUT2D eigenvalue weighted by atomic mass is 16.2. The predicted molar refractivity (Wildman–Crippen MR) is 92.5 cm³/mol. The second kappa shape index (κ2) is 6.02. The number of pyridine rings is 1. The number of hydrogen-bond donors (Lipinski definition) is 1. The van der Waals surface area contributed by atoms with Gasteiger partial charge in [-0.1, -0.05) is 0 Å². The van der Waals surface area contributed by atoms with Crippen LogP contribution in [0.5, 0.6) is 0 Å². The van der Waals surface area contributed by atoms with Gasteiger partial charge >= 0.3 is 0 Å². The van der Waals surface area contributed by atoms with Crippen molar-refractivity contribution in [1.82, 2.24) is 19.4 Å². The van der Waals surface area contributed by atoms with Crippen LogP contribution in [-0.2, 0) is 17.3 Å². The number of rotatable bonds is 3. The van der Waals surface area contributed by atoms with Crippen molar-refractivity contribution in [2.45, 2.75) is 38.1 Å². The minimum Gasteiger partial charge on any atom is -0.340 e. The van der Waals surface area contributed by atoms with Gasteiger partial charge in [0.2, 0.25) is 5.91 Å². The van der Waals surface area contributed by atoms with Gasteiger partial charge < -0.3 is 15.2 Å². The van der Waals surface area contributed by atoms with Gasteiger partial charge in [-0.05, 0) is 38.5 Å².